The van der Waals surface area contributed by atoms with Gasteiger partial charge in [0, 0.05) is 6.42 Å². The molecule has 1 amide bonds. The van der Waals surface area contributed by atoms with Gasteiger partial charge in [0.05, 0.1) is 12.0 Å². The van der Waals surface area contributed by atoms with E-state index in [9.17, 15) is 9.59 Å². The molecule has 1 saturated heterocycles. The Bertz CT molecular complexity index is 472. The Balaban J connectivity index is 2.09. The average Bonchev–Trinajstić information content (AvgIpc) is 2.50. The summed E-state index contributed by atoms with van der Waals surface area (Å²) in [5, 5.41) is 2.97. The molecule has 4 nitrogen and oxygen atoms in total. The molecule has 1 aliphatic heterocycles. The summed E-state index contributed by atoms with van der Waals surface area (Å²) in [6.07, 6.45) is 4.17. The monoisotopic (exact) mass is 289 g/mol. The highest BCUT2D eigenvalue weighted by molar-refractivity contribution is 5.76. The van der Waals surface area contributed by atoms with Gasteiger partial charge in [0.15, 0.2) is 0 Å². The molecule has 0 bridgehead atoms. The number of hydrogen-bond donors (Lipinski definition) is 1. The molecule has 1 N–H and O–H groups in total. The van der Waals surface area contributed by atoms with Gasteiger partial charge in [0.2, 0.25) is 5.91 Å². The van der Waals surface area contributed by atoms with Crippen LogP contribution in [0.5, 0.6) is 0 Å². The number of esters is 1. The minimum Gasteiger partial charge on any atom is -0.463 e. The number of amides is 1. The van der Waals surface area contributed by atoms with Crippen molar-refractivity contribution in [1.29, 1.82) is 0 Å². The minimum atomic E-state index is -0.269. The summed E-state index contributed by atoms with van der Waals surface area (Å²) in [4.78, 5) is 23.9. The first-order valence-electron chi connectivity index (χ1n) is 7.68. The molecule has 1 fully saturated rings. The Morgan fingerprint density at radius 1 is 1.10 bits per heavy atom. The fourth-order valence-electron chi connectivity index (χ4n) is 2.51. The van der Waals surface area contributed by atoms with Gasteiger partial charge in [0.1, 0.15) is 6.61 Å². The summed E-state index contributed by atoms with van der Waals surface area (Å²) in [6, 6.07) is 9.37. The number of benzene rings is 1. The number of hydrogen-bond acceptors (Lipinski definition) is 3. The molecular formula is C17H23NO3. The maximum absolute atomic E-state index is 12.0. The van der Waals surface area contributed by atoms with E-state index in [-0.39, 0.29) is 30.4 Å². The first-order valence-corrected chi connectivity index (χ1v) is 7.68. The van der Waals surface area contributed by atoms with Crippen LogP contribution in [0.25, 0.3) is 0 Å². The summed E-state index contributed by atoms with van der Waals surface area (Å²) in [5.74, 6) is -0.226. The van der Waals surface area contributed by atoms with Crippen molar-refractivity contribution in [2.45, 2.75) is 45.1 Å². The van der Waals surface area contributed by atoms with E-state index >= 15 is 0 Å². The maximum atomic E-state index is 12.0. The zero-order chi connectivity index (χ0) is 15.1. The van der Waals surface area contributed by atoms with Crippen LogP contribution in [-0.4, -0.2) is 18.5 Å². The third kappa shape index (κ3) is 4.88. The molecule has 1 aliphatic rings. The third-order valence-electron chi connectivity index (χ3n) is 3.87. The van der Waals surface area contributed by atoms with E-state index in [1.54, 1.807) is 0 Å². The molecule has 4 heteroatoms. The van der Waals surface area contributed by atoms with Crippen molar-refractivity contribution in [2.75, 3.05) is 6.61 Å². The zero-order valence-electron chi connectivity index (χ0n) is 12.5. The molecule has 1 aromatic carbocycles. The number of carbonyl (C=O) groups excluding carboxylic acids is 2. The second-order valence-corrected chi connectivity index (χ2v) is 5.66. The molecule has 1 aromatic rings. The lowest BCUT2D eigenvalue weighted by atomic mass is 10.0. The van der Waals surface area contributed by atoms with Gasteiger partial charge < -0.3 is 10.1 Å². The second kappa shape index (κ2) is 7.81. The second-order valence-electron chi connectivity index (χ2n) is 5.66. The number of ether oxygens (including phenoxy) is 1. The average molecular weight is 289 g/mol. The van der Waals surface area contributed by atoms with Gasteiger partial charge in [-0.1, -0.05) is 50.1 Å². The summed E-state index contributed by atoms with van der Waals surface area (Å²) < 4.78 is 5.39. The van der Waals surface area contributed by atoms with Crippen molar-refractivity contribution in [2.24, 2.45) is 5.92 Å². The van der Waals surface area contributed by atoms with Crippen LogP contribution in [0, 0.1) is 5.92 Å². The number of nitrogens with one attached hydrogen (secondary N) is 1. The van der Waals surface area contributed by atoms with Gasteiger partial charge in [0.25, 0.3) is 0 Å². The van der Waals surface area contributed by atoms with Crippen LogP contribution in [0.15, 0.2) is 30.3 Å². The lowest BCUT2D eigenvalue weighted by Gasteiger charge is -2.21. The smallest absolute Gasteiger partial charge is 0.308 e. The van der Waals surface area contributed by atoms with Crippen LogP contribution in [0.2, 0.25) is 0 Å². The van der Waals surface area contributed by atoms with E-state index in [0.29, 0.717) is 6.42 Å². The van der Waals surface area contributed by atoms with Gasteiger partial charge in [-0.3, -0.25) is 9.59 Å². The molecule has 114 valence electrons. The Labute approximate surface area is 125 Å². The molecular weight excluding hydrogens is 266 g/mol. The highest BCUT2D eigenvalue weighted by Gasteiger charge is 2.20. The van der Waals surface area contributed by atoms with Crippen molar-refractivity contribution < 1.29 is 14.3 Å². The summed E-state index contributed by atoms with van der Waals surface area (Å²) in [5.41, 5.74) is 0.961. The highest BCUT2D eigenvalue weighted by atomic mass is 16.5. The predicted molar refractivity (Wildman–Crippen MR) is 80.5 cm³/mol. The molecule has 0 unspecified atom stereocenters. The zero-order valence-corrected chi connectivity index (χ0v) is 12.5. The van der Waals surface area contributed by atoms with E-state index in [1.807, 2.05) is 37.3 Å². The number of cyclic esters (lactones) is 1. The molecule has 21 heavy (non-hydrogen) atoms. The quantitative estimate of drug-likeness (QED) is 0.809. The molecule has 0 aliphatic carbocycles. The van der Waals surface area contributed by atoms with Gasteiger partial charge in [-0.25, -0.2) is 0 Å². The molecule has 0 radical (unpaired) electrons. The molecule has 0 spiro atoms. The first-order chi connectivity index (χ1) is 10.2. The van der Waals surface area contributed by atoms with Crippen molar-refractivity contribution in [3.63, 3.8) is 0 Å². The Kier molecular flexibility index (Phi) is 5.78. The summed E-state index contributed by atoms with van der Waals surface area (Å²) in [6.45, 7) is 2.10. The van der Waals surface area contributed by atoms with Gasteiger partial charge >= 0.3 is 5.97 Å². The molecule has 2 atom stereocenters. The van der Waals surface area contributed by atoms with Crippen molar-refractivity contribution >= 4 is 11.9 Å². The number of rotatable bonds is 1. The van der Waals surface area contributed by atoms with Gasteiger partial charge in [-0.05, 0) is 18.4 Å². The lowest BCUT2D eigenvalue weighted by Crippen LogP contribution is -2.33. The third-order valence-corrected chi connectivity index (χ3v) is 3.87. The van der Waals surface area contributed by atoms with E-state index in [2.05, 4.69) is 5.32 Å². The number of carbonyl (C=O) groups is 2. The van der Waals surface area contributed by atoms with Crippen LogP contribution >= 0.6 is 0 Å². The van der Waals surface area contributed by atoms with Crippen LogP contribution in [0.4, 0.5) is 0 Å². The van der Waals surface area contributed by atoms with Crippen LogP contribution in [0.3, 0.4) is 0 Å². The van der Waals surface area contributed by atoms with Crippen LogP contribution in [0.1, 0.15) is 50.6 Å². The van der Waals surface area contributed by atoms with Crippen LogP contribution < -0.4 is 5.32 Å². The molecule has 2 rings (SSSR count). The fourth-order valence-corrected chi connectivity index (χ4v) is 2.51. The van der Waals surface area contributed by atoms with Gasteiger partial charge in [-0.15, -0.1) is 0 Å². The minimum absolute atomic E-state index is 0.0218. The molecule has 1 heterocycles. The van der Waals surface area contributed by atoms with E-state index in [0.717, 1.165) is 31.2 Å². The van der Waals surface area contributed by atoms with Crippen molar-refractivity contribution in [1.82, 2.24) is 5.32 Å². The maximum Gasteiger partial charge on any atom is 0.308 e. The lowest BCUT2D eigenvalue weighted by molar-refractivity contribution is -0.149. The normalized spacial score (nSPS) is 25.2. The first kappa shape index (κ1) is 15.5. The van der Waals surface area contributed by atoms with E-state index < -0.39 is 0 Å². The summed E-state index contributed by atoms with van der Waals surface area (Å²) in [7, 11) is 0. The van der Waals surface area contributed by atoms with E-state index in [4.69, 9.17) is 4.74 Å². The molecule has 0 aromatic heterocycles. The van der Waals surface area contributed by atoms with Crippen LogP contribution in [-0.2, 0) is 14.3 Å². The highest BCUT2D eigenvalue weighted by Crippen LogP contribution is 2.18. The van der Waals surface area contributed by atoms with Gasteiger partial charge in [-0.2, -0.15) is 0 Å². The van der Waals surface area contributed by atoms with Crippen molar-refractivity contribution in [3.8, 4) is 0 Å². The largest absolute Gasteiger partial charge is 0.463 e. The topological polar surface area (TPSA) is 55.4 Å². The Morgan fingerprint density at radius 2 is 1.86 bits per heavy atom. The Hall–Kier alpha value is -1.84. The fraction of sp³-hybridized carbons (Fsp3) is 0.529. The van der Waals surface area contributed by atoms with E-state index in [1.165, 1.54) is 0 Å². The standard InChI is InChI=1S/C17H23NO3/c1-13-8-4-2-7-11-16(19)18-15(12-21-17(13)20)14-9-5-3-6-10-14/h3,5-6,9-10,13,15H,2,4,7-8,11-12H2,1H3,(H,18,19)/t13-,15+/m1/s1. The Morgan fingerprint density at radius 3 is 2.62 bits per heavy atom. The summed E-state index contributed by atoms with van der Waals surface area (Å²) >= 11 is 0. The predicted octanol–water partition coefficient (Wildman–Crippen LogP) is 2.99. The molecule has 0 saturated carbocycles. The van der Waals surface area contributed by atoms with Crippen molar-refractivity contribution in [3.05, 3.63) is 35.9 Å². The SMILES string of the molecule is C[C@@H]1CCCCCC(=O)N[C@H](c2ccccc2)COC1=O.